The number of nitrogens with zero attached hydrogens (tertiary/aromatic N) is 2. The summed E-state index contributed by atoms with van der Waals surface area (Å²) >= 11 is 1.52. The van der Waals surface area contributed by atoms with E-state index in [1.807, 2.05) is 0 Å². The van der Waals surface area contributed by atoms with Gasteiger partial charge in [0.05, 0.1) is 15.2 Å². The lowest BCUT2D eigenvalue weighted by molar-refractivity contribution is -0.153. The highest BCUT2D eigenvalue weighted by Crippen LogP contribution is 2.54. The summed E-state index contributed by atoms with van der Waals surface area (Å²) in [5, 5.41) is 34.0. The fourth-order valence-corrected chi connectivity index (χ4v) is 7.20. The molecule has 3 aliphatic rings. The molecule has 0 saturated heterocycles. The van der Waals surface area contributed by atoms with Gasteiger partial charge in [0, 0.05) is 31.3 Å². The number of nitrogens with two attached hydrogens (primary N) is 1. The lowest BCUT2D eigenvalue weighted by Gasteiger charge is -2.50. The number of aliphatic hydroxyl groups is 3. The third kappa shape index (κ3) is 4.47. The normalized spacial score (nSPS) is 26.5. The predicted octanol–water partition coefficient (Wildman–Crippen LogP) is 1.16. The van der Waals surface area contributed by atoms with Crippen LogP contribution >= 0.6 is 22.6 Å². The number of ketones is 2. The molecule has 0 aromatic heterocycles. The van der Waals surface area contributed by atoms with Crippen LogP contribution in [0.4, 0.5) is 18.9 Å². The van der Waals surface area contributed by atoms with E-state index in [1.54, 1.807) is 19.0 Å². The standard InChI is InChI=1S/C24H25F3IN3O9S/c1-30(2)12-7-11(28)19(40-41(38,39)24(25,26)27)14-9(12)5-8-6-10-16(31(3)4)18(33)15(22(29)36)21(35)23(10,37)20(34)13(8)17(14)32/h7-8,10,16,32,35,37H,5-6H2,1-4H3,(H2,29,36)/t8?,10?,16-,23-/m0/s1. The van der Waals surface area contributed by atoms with Crippen molar-refractivity contribution in [2.75, 3.05) is 33.1 Å². The number of aliphatic hydroxyl groups excluding tert-OH is 2. The van der Waals surface area contributed by atoms with Crippen molar-refractivity contribution in [1.29, 1.82) is 0 Å². The first-order valence-electron chi connectivity index (χ1n) is 11.9. The number of anilines is 1. The van der Waals surface area contributed by atoms with Crippen molar-refractivity contribution in [2.45, 2.75) is 30.0 Å². The number of hydrogen-bond donors (Lipinski definition) is 4. The average molecular weight is 715 g/mol. The highest BCUT2D eigenvalue weighted by atomic mass is 127. The molecule has 5 N–H and O–H groups in total. The number of hydrogen-bond acceptors (Lipinski definition) is 11. The van der Waals surface area contributed by atoms with Crippen molar-refractivity contribution in [2.24, 2.45) is 17.6 Å². The number of primary amides is 1. The fourth-order valence-electron chi connectivity index (χ4n) is 5.88. The summed E-state index contributed by atoms with van der Waals surface area (Å²) in [7, 11) is -0.131. The Morgan fingerprint density at radius 2 is 1.78 bits per heavy atom. The molecule has 2 unspecified atom stereocenters. The van der Waals surface area contributed by atoms with Crippen molar-refractivity contribution in [1.82, 2.24) is 4.90 Å². The molecule has 0 heterocycles. The van der Waals surface area contributed by atoms with Gasteiger partial charge in [-0.1, -0.05) is 0 Å². The summed E-state index contributed by atoms with van der Waals surface area (Å²) < 4.78 is 68.0. The van der Waals surface area contributed by atoms with Crippen LogP contribution in [0.2, 0.25) is 0 Å². The Morgan fingerprint density at radius 1 is 1.20 bits per heavy atom. The van der Waals surface area contributed by atoms with Gasteiger partial charge in [0.15, 0.2) is 17.1 Å². The van der Waals surface area contributed by atoms with Crippen molar-refractivity contribution < 1.29 is 55.5 Å². The molecule has 0 aliphatic heterocycles. The van der Waals surface area contributed by atoms with Crippen LogP contribution in [0.15, 0.2) is 23.0 Å². The quantitative estimate of drug-likeness (QED) is 0.148. The number of likely N-dealkylation sites (N-methyl/N-ethyl adjacent to an activating group) is 1. The van der Waals surface area contributed by atoms with E-state index in [4.69, 9.17) is 5.73 Å². The number of halogens is 4. The van der Waals surface area contributed by atoms with Crippen molar-refractivity contribution in [3.63, 3.8) is 0 Å². The summed E-state index contributed by atoms with van der Waals surface area (Å²) in [4.78, 5) is 42.1. The molecule has 12 nitrogen and oxygen atoms in total. The Balaban J connectivity index is 2.04. The summed E-state index contributed by atoms with van der Waals surface area (Å²) in [6, 6.07) is 0.0497. The van der Waals surface area contributed by atoms with E-state index in [0.29, 0.717) is 5.69 Å². The number of amides is 1. The Bertz CT molecular complexity index is 1570. The summed E-state index contributed by atoms with van der Waals surface area (Å²) in [5.41, 5.74) is -5.01. The van der Waals surface area contributed by atoms with Crippen LogP contribution in [0.25, 0.3) is 5.76 Å². The molecule has 1 fully saturated rings. The zero-order valence-corrected chi connectivity index (χ0v) is 24.9. The summed E-state index contributed by atoms with van der Waals surface area (Å²) in [6.07, 6.45) is -0.358. The Morgan fingerprint density at radius 3 is 2.27 bits per heavy atom. The Labute approximate surface area is 245 Å². The second-order valence-electron chi connectivity index (χ2n) is 10.4. The van der Waals surface area contributed by atoms with Crippen molar-refractivity contribution >= 4 is 61.6 Å². The molecular weight excluding hydrogens is 690 g/mol. The van der Waals surface area contributed by atoms with Gasteiger partial charge in [-0.15, -0.1) is 0 Å². The van der Waals surface area contributed by atoms with Gasteiger partial charge in [-0.3, -0.25) is 19.3 Å². The lowest BCUT2D eigenvalue weighted by atomic mass is 9.57. The third-order valence-corrected chi connectivity index (χ3v) is 9.34. The largest absolute Gasteiger partial charge is 0.534 e. The molecule has 4 rings (SSSR count). The second kappa shape index (κ2) is 9.84. The number of fused-ring (bicyclic) bond motifs is 3. The topological polar surface area (TPSA) is 188 Å². The molecular formula is C24H25F3IN3O9S. The number of rotatable bonds is 5. The van der Waals surface area contributed by atoms with E-state index in [-0.39, 0.29) is 22.0 Å². The van der Waals surface area contributed by atoms with Crippen LogP contribution in [0.5, 0.6) is 5.75 Å². The van der Waals surface area contributed by atoms with Crippen LogP contribution < -0.4 is 14.8 Å². The third-order valence-electron chi connectivity index (χ3n) is 7.59. The first kappa shape index (κ1) is 31.0. The van der Waals surface area contributed by atoms with Crippen molar-refractivity contribution in [3.05, 3.63) is 37.7 Å². The minimum Gasteiger partial charge on any atom is -0.508 e. The molecule has 41 heavy (non-hydrogen) atoms. The molecule has 0 bridgehead atoms. The first-order valence-corrected chi connectivity index (χ1v) is 14.3. The molecule has 4 atom stereocenters. The maximum atomic E-state index is 14.0. The SMILES string of the molecule is CN(C)c1cc(I)c(OS(=O)(=O)C(F)(F)F)c2c1CC1CC3[C@H](N(C)C)C(=O)C(C(N)=O)=C(O)[C@@]3(O)C(=O)C1=C2O. The van der Waals surface area contributed by atoms with Gasteiger partial charge in [-0.25, -0.2) is 0 Å². The van der Waals surface area contributed by atoms with Gasteiger partial charge in [-0.2, -0.15) is 21.6 Å². The highest BCUT2D eigenvalue weighted by Gasteiger charge is 2.64. The van der Waals surface area contributed by atoms with E-state index in [0.717, 1.165) is 0 Å². The van der Waals surface area contributed by atoms with E-state index in [2.05, 4.69) is 4.18 Å². The minimum atomic E-state index is -6.21. The van der Waals surface area contributed by atoms with Crippen molar-refractivity contribution in [3.8, 4) is 5.75 Å². The number of alkyl halides is 3. The number of Topliss-reactive ketones (excluding diaryl/α,β-unsaturated/α-hetero) is 2. The number of benzene rings is 1. The molecule has 224 valence electrons. The monoisotopic (exact) mass is 715 g/mol. The van der Waals surface area contributed by atoms with Crippen LogP contribution in [0.3, 0.4) is 0 Å². The molecule has 17 heteroatoms. The predicted molar refractivity (Wildman–Crippen MR) is 145 cm³/mol. The maximum Gasteiger partial charge on any atom is 0.534 e. The van der Waals surface area contributed by atoms with E-state index < -0.39 is 90.6 Å². The van der Waals surface area contributed by atoms with E-state index in [9.17, 15) is 51.3 Å². The zero-order chi connectivity index (χ0) is 31.1. The highest BCUT2D eigenvalue weighted by molar-refractivity contribution is 14.1. The van der Waals surface area contributed by atoms with E-state index >= 15 is 0 Å². The van der Waals surface area contributed by atoms with Gasteiger partial charge in [0.2, 0.25) is 5.78 Å². The molecule has 0 spiro atoms. The lowest BCUT2D eigenvalue weighted by Crippen LogP contribution is -2.65. The number of carbonyl (C=O) groups excluding carboxylic acids is 3. The smallest absolute Gasteiger partial charge is 0.508 e. The summed E-state index contributed by atoms with van der Waals surface area (Å²) in [6.45, 7) is 0. The minimum absolute atomic E-state index is 0.147. The van der Waals surface area contributed by atoms with E-state index in [1.165, 1.54) is 47.7 Å². The van der Waals surface area contributed by atoms with Crippen LogP contribution in [-0.2, 0) is 30.9 Å². The van der Waals surface area contributed by atoms with Gasteiger partial charge in [0.1, 0.15) is 17.1 Å². The molecule has 1 aromatic rings. The van der Waals surface area contributed by atoms with Crippen LogP contribution in [-0.4, -0.2) is 91.5 Å². The average Bonchev–Trinajstić information content (AvgIpc) is 2.81. The molecule has 0 radical (unpaired) electrons. The molecule has 1 saturated carbocycles. The van der Waals surface area contributed by atoms with Gasteiger partial charge in [-0.05, 0) is 67.1 Å². The Kier molecular flexibility index (Phi) is 7.45. The van der Waals surface area contributed by atoms with Gasteiger partial charge < -0.3 is 30.1 Å². The van der Waals surface area contributed by atoms with Gasteiger partial charge >= 0.3 is 15.6 Å². The first-order chi connectivity index (χ1) is 18.7. The number of carbonyl (C=O) groups is 3. The van der Waals surface area contributed by atoms with Crippen LogP contribution in [0, 0.1) is 15.4 Å². The zero-order valence-electron chi connectivity index (χ0n) is 21.9. The van der Waals surface area contributed by atoms with Crippen LogP contribution in [0.1, 0.15) is 17.5 Å². The molecule has 3 aliphatic carbocycles. The molecule has 1 amide bonds. The Hall–Kier alpha value is -2.90. The second-order valence-corrected chi connectivity index (χ2v) is 13.1. The van der Waals surface area contributed by atoms with Gasteiger partial charge in [0.25, 0.3) is 5.91 Å². The summed E-state index contributed by atoms with van der Waals surface area (Å²) in [5.74, 6) is -9.10. The fraction of sp³-hybridized carbons (Fsp3) is 0.458. The maximum absolute atomic E-state index is 14.0. The molecule has 1 aromatic carbocycles.